The summed E-state index contributed by atoms with van der Waals surface area (Å²) in [4.78, 5) is 11.7. The molecule has 0 aromatic heterocycles. The Morgan fingerprint density at radius 3 is 2.69 bits per heavy atom. The van der Waals surface area contributed by atoms with Gasteiger partial charge in [0.05, 0.1) is 7.11 Å². The summed E-state index contributed by atoms with van der Waals surface area (Å²) < 4.78 is 10.6. The molecule has 0 spiro atoms. The standard InChI is InChI=1S/C13H18O3/c1-4-12(14)13(16-5-2)10-7-6-8-11(9-10)15-3/h6-9,13H,4-5H2,1-3H3. The molecule has 0 amide bonds. The van der Waals surface area contributed by atoms with E-state index in [1.807, 2.05) is 38.1 Å². The number of benzene rings is 1. The molecule has 0 aliphatic heterocycles. The summed E-state index contributed by atoms with van der Waals surface area (Å²) >= 11 is 0. The Hall–Kier alpha value is -1.35. The smallest absolute Gasteiger partial charge is 0.165 e. The van der Waals surface area contributed by atoms with Gasteiger partial charge in [0.15, 0.2) is 5.78 Å². The molecule has 0 radical (unpaired) electrons. The first-order valence-corrected chi connectivity index (χ1v) is 5.51. The Morgan fingerprint density at radius 1 is 1.38 bits per heavy atom. The van der Waals surface area contributed by atoms with Crippen molar-refractivity contribution in [3.63, 3.8) is 0 Å². The number of carbonyl (C=O) groups excluding carboxylic acids is 1. The SMILES string of the molecule is CCOC(C(=O)CC)c1cccc(OC)c1. The van der Waals surface area contributed by atoms with Crippen LogP contribution in [0.3, 0.4) is 0 Å². The molecule has 1 aromatic rings. The molecule has 1 rings (SSSR count). The minimum absolute atomic E-state index is 0.0927. The van der Waals surface area contributed by atoms with Crippen molar-refractivity contribution in [2.75, 3.05) is 13.7 Å². The number of methoxy groups -OCH3 is 1. The molecule has 0 saturated carbocycles. The molecule has 16 heavy (non-hydrogen) atoms. The van der Waals surface area contributed by atoms with E-state index in [9.17, 15) is 4.79 Å². The van der Waals surface area contributed by atoms with Crippen LogP contribution < -0.4 is 4.74 Å². The van der Waals surface area contributed by atoms with E-state index >= 15 is 0 Å². The number of carbonyl (C=O) groups is 1. The van der Waals surface area contributed by atoms with Gasteiger partial charge in [0.1, 0.15) is 11.9 Å². The van der Waals surface area contributed by atoms with Crippen LogP contribution in [-0.2, 0) is 9.53 Å². The molecular formula is C13H18O3. The lowest BCUT2D eigenvalue weighted by molar-refractivity contribution is -0.130. The highest BCUT2D eigenvalue weighted by molar-refractivity contribution is 5.84. The average molecular weight is 222 g/mol. The Bertz CT molecular complexity index is 347. The number of hydrogen-bond donors (Lipinski definition) is 0. The summed E-state index contributed by atoms with van der Waals surface area (Å²) in [5.41, 5.74) is 0.855. The molecular weight excluding hydrogens is 204 g/mol. The van der Waals surface area contributed by atoms with Gasteiger partial charge in [-0.15, -0.1) is 0 Å². The first-order chi connectivity index (χ1) is 7.72. The highest BCUT2D eigenvalue weighted by Gasteiger charge is 2.19. The fourth-order valence-electron chi connectivity index (χ4n) is 1.53. The van der Waals surface area contributed by atoms with E-state index in [2.05, 4.69) is 0 Å². The zero-order valence-electron chi connectivity index (χ0n) is 10.0. The maximum Gasteiger partial charge on any atom is 0.165 e. The highest BCUT2D eigenvalue weighted by Crippen LogP contribution is 2.23. The van der Waals surface area contributed by atoms with Gasteiger partial charge in [-0.3, -0.25) is 4.79 Å². The van der Waals surface area contributed by atoms with Crippen LogP contribution in [0.4, 0.5) is 0 Å². The molecule has 0 bridgehead atoms. The Labute approximate surface area is 96.4 Å². The van der Waals surface area contributed by atoms with Crippen LogP contribution in [0.1, 0.15) is 31.9 Å². The van der Waals surface area contributed by atoms with Gasteiger partial charge in [0, 0.05) is 13.0 Å². The van der Waals surface area contributed by atoms with E-state index in [0.717, 1.165) is 11.3 Å². The normalized spacial score (nSPS) is 12.2. The number of ketones is 1. The zero-order valence-corrected chi connectivity index (χ0v) is 10.0. The third kappa shape index (κ3) is 3.07. The lowest BCUT2D eigenvalue weighted by Gasteiger charge is -2.16. The summed E-state index contributed by atoms with van der Waals surface area (Å²) in [6.45, 7) is 4.25. The molecule has 0 aliphatic rings. The van der Waals surface area contributed by atoms with Gasteiger partial charge in [-0.05, 0) is 24.6 Å². The summed E-state index contributed by atoms with van der Waals surface area (Å²) in [6, 6.07) is 7.44. The average Bonchev–Trinajstić information content (AvgIpc) is 2.35. The Kier molecular flexibility index (Phi) is 4.99. The van der Waals surface area contributed by atoms with Gasteiger partial charge in [0.2, 0.25) is 0 Å². The number of rotatable bonds is 6. The van der Waals surface area contributed by atoms with Gasteiger partial charge in [-0.1, -0.05) is 19.1 Å². The minimum atomic E-state index is -0.468. The van der Waals surface area contributed by atoms with Gasteiger partial charge in [0.25, 0.3) is 0 Å². The molecule has 1 aromatic carbocycles. The summed E-state index contributed by atoms with van der Waals surface area (Å²) in [7, 11) is 1.61. The third-order valence-corrected chi connectivity index (χ3v) is 2.37. The van der Waals surface area contributed by atoms with Gasteiger partial charge in [-0.25, -0.2) is 0 Å². The lowest BCUT2D eigenvalue weighted by Crippen LogP contribution is -2.15. The number of ether oxygens (including phenoxy) is 2. The first-order valence-electron chi connectivity index (χ1n) is 5.51. The predicted molar refractivity (Wildman–Crippen MR) is 62.7 cm³/mol. The predicted octanol–water partition coefficient (Wildman–Crippen LogP) is 2.75. The van der Waals surface area contributed by atoms with E-state index in [1.54, 1.807) is 7.11 Å². The van der Waals surface area contributed by atoms with E-state index in [1.165, 1.54) is 0 Å². The van der Waals surface area contributed by atoms with E-state index < -0.39 is 6.10 Å². The first kappa shape index (κ1) is 12.7. The maximum atomic E-state index is 11.7. The largest absolute Gasteiger partial charge is 0.497 e. The van der Waals surface area contributed by atoms with Crippen LogP contribution in [-0.4, -0.2) is 19.5 Å². The van der Waals surface area contributed by atoms with Crippen molar-refractivity contribution in [3.8, 4) is 5.75 Å². The van der Waals surface area contributed by atoms with E-state index in [-0.39, 0.29) is 5.78 Å². The second kappa shape index (κ2) is 6.28. The molecule has 88 valence electrons. The maximum absolute atomic E-state index is 11.7. The second-order valence-corrected chi connectivity index (χ2v) is 3.43. The second-order valence-electron chi connectivity index (χ2n) is 3.43. The van der Waals surface area contributed by atoms with Crippen molar-refractivity contribution in [1.29, 1.82) is 0 Å². The van der Waals surface area contributed by atoms with Crippen LogP contribution in [0.15, 0.2) is 24.3 Å². The fourth-order valence-corrected chi connectivity index (χ4v) is 1.53. The summed E-state index contributed by atoms with van der Waals surface area (Å²) in [6.07, 6.45) is 0.00658. The summed E-state index contributed by atoms with van der Waals surface area (Å²) in [5.74, 6) is 0.834. The molecule has 0 N–H and O–H groups in total. The van der Waals surface area contributed by atoms with Crippen LogP contribution in [0.2, 0.25) is 0 Å². The van der Waals surface area contributed by atoms with Gasteiger partial charge < -0.3 is 9.47 Å². The van der Waals surface area contributed by atoms with Crippen LogP contribution in [0.25, 0.3) is 0 Å². The molecule has 1 unspecified atom stereocenters. The van der Waals surface area contributed by atoms with Crippen molar-refractivity contribution in [2.24, 2.45) is 0 Å². The zero-order chi connectivity index (χ0) is 12.0. The Balaban J connectivity index is 2.95. The van der Waals surface area contributed by atoms with Crippen molar-refractivity contribution in [3.05, 3.63) is 29.8 Å². The third-order valence-electron chi connectivity index (χ3n) is 2.37. The number of Topliss-reactive ketones (excluding diaryl/α,β-unsaturated/α-hetero) is 1. The molecule has 3 heteroatoms. The van der Waals surface area contributed by atoms with Crippen molar-refractivity contribution in [2.45, 2.75) is 26.4 Å². The van der Waals surface area contributed by atoms with E-state index in [4.69, 9.17) is 9.47 Å². The van der Waals surface area contributed by atoms with E-state index in [0.29, 0.717) is 13.0 Å². The number of hydrogen-bond acceptors (Lipinski definition) is 3. The van der Waals surface area contributed by atoms with Crippen molar-refractivity contribution in [1.82, 2.24) is 0 Å². The van der Waals surface area contributed by atoms with Gasteiger partial charge >= 0.3 is 0 Å². The van der Waals surface area contributed by atoms with Gasteiger partial charge in [-0.2, -0.15) is 0 Å². The minimum Gasteiger partial charge on any atom is -0.497 e. The van der Waals surface area contributed by atoms with Crippen molar-refractivity contribution < 1.29 is 14.3 Å². The Morgan fingerprint density at radius 2 is 2.12 bits per heavy atom. The van der Waals surface area contributed by atoms with Crippen LogP contribution in [0.5, 0.6) is 5.75 Å². The van der Waals surface area contributed by atoms with Crippen molar-refractivity contribution >= 4 is 5.78 Å². The summed E-state index contributed by atoms with van der Waals surface area (Å²) in [5, 5.41) is 0. The molecule has 0 heterocycles. The van der Waals surface area contributed by atoms with Crippen LogP contribution >= 0.6 is 0 Å². The molecule has 0 aliphatic carbocycles. The van der Waals surface area contributed by atoms with Crippen LogP contribution in [0, 0.1) is 0 Å². The molecule has 0 saturated heterocycles. The monoisotopic (exact) mass is 222 g/mol. The quantitative estimate of drug-likeness (QED) is 0.742. The fraction of sp³-hybridized carbons (Fsp3) is 0.462. The highest BCUT2D eigenvalue weighted by atomic mass is 16.5. The molecule has 0 fully saturated rings. The lowest BCUT2D eigenvalue weighted by atomic mass is 10.0. The molecule has 3 nitrogen and oxygen atoms in total. The molecule has 1 atom stereocenters. The topological polar surface area (TPSA) is 35.5 Å².